The molecule has 8 nitrogen and oxygen atoms in total. The molecular formula is C23H20BrClN2O6. The third kappa shape index (κ3) is 4.80. The summed E-state index contributed by atoms with van der Waals surface area (Å²) in [4.78, 5) is 51.2. The van der Waals surface area contributed by atoms with Crippen LogP contribution in [0, 0.1) is 6.92 Å². The molecule has 172 valence electrons. The van der Waals surface area contributed by atoms with Crippen LogP contribution in [0.5, 0.6) is 0 Å². The minimum atomic E-state index is -0.781. The lowest BCUT2D eigenvalue weighted by molar-refractivity contribution is -0.119. The second-order valence-electron chi connectivity index (χ2n) is 7.77. The zero-order valence-electron chi connectivity index (χ0n) is 17.7. The Morgan fingerprint density at radius 1 is 1.21 bits per heavy atom. The molecule has 0 spiro atoms. The number of imide groups is 1. The van der Waals surface area contributed by atoms with E-state index in [1.54, 1.807) is 19.1 Å². The molecule has 33 heavy (non-hydrogen) atoms. The highest BCUT2D eigenvalue weighted by Crippen LogP contribution is 2.31. The van der Waals surface area contributed by atoms with E-state index in [-0.39, 0.29) is 29.3 Å². The van der Waals surface area contributed by atoms with Crippen molar-refractivity contribution in [1.29, 1.82) is 0 Å². The van der Waals surface area contributed by atoms with Crippen LogP contribution in [-0.4, -0.2) is 54.5 Å². The van der Waals surface area contributed by atoms with Crippen molar-refractivity contribution in [3.05, 3.63) is 62.1 Å². The average Bonchev–Trinajstić information content (AvgIpc) is 3.40. The van der Waals surface area contributed by atoms with Gasteiger partial charge in [-0.15, -0.1) is 0 Å². The number of carbonyl (C=O) groups excluding carboxylic acids is 4. The van der Waals surface area contributed by atoms with E-state index in [1.807, 2.05) is 0 Å². The topological polar surface area (TPSA) is 102 Å². The molecule has 3 amide bonds. The third-order valence-corrected chi connectivity index (χ3v) is 6.94. The molecule has 2 aliphatic rings. The fourth-order valence-electron chi connectivity index (χ4n) is 3.76. The number of carbonyl (C=O) groups is 4. The van der Waals surface area contributed by atoms with Crippen molar-refractivity contribution < 1.29 is 28.7 Å². The molecule has 0 saturated carbocycles. The summed E-state index contributed by atoms with van der Waals surface area (Å²) in [6.45, 7) is 2.03. The number of fused-ring (bicyclic) bond motifs is 1. The van der Waals surface area contributed by atoms with E-state index < -0.39 is 30.3 Å². The van der Waals surface area contributed by atoms with Crippen molar-refractivity contribution in [2.24, 2.45) is 0 Å². The van der Waals surface area contributed by atoms with Gasteiger partial charge in [0.1, 0.15) is 0 Å². The Labute approximate surface area is 203 Å². The number of benzene rings is 2. The van der Waals surface area contributed by atoms with Gasteiger partial charge in [-0.05, 0) is 71.6 Å². The van der Waals surface area contributed by atoms with Gasteiger partial charge >= 0.3 is 5.97 Å². The standard InChI is InChI=1S/C23H20BrClN2O6/c1-12-18(7-6-17(24)20(12)25)26-19(28)11-33-23(31)13-4-5-15-16(9-13)22(30)27(21(15)29)10-14-3-2-8-32-14/h4-7,9,14H,2-3,8,10-11H2,1H3,(H,26,28)/t14-/m0/s1. The molecule has 2 aliphatic heterocycles. The first-order valence-electron chi connectivity index (χ1n) is 10.3. The predicted molar refractivity (Wildman–Crippen MR) is 124 cm³/mol. The Morgan fingerprint density at radius 3 is 2.70 bits per heavy atom. The number of nitrogens with one attached hydrogen (secondary N) is 1. The van der Waals surface area contributed by atoms with Crippen LogP contribution in [0.3, 0.4) is 0 Å². The normalized spacial score (nSPS) is 17.3. The minimum Gasteiger partial charge on any atom is -0.452 e. The number of halogens is 2. The average molecular weight is 536 g/mol. The lowest BCUT2D eigenvalue weighted by atomic mass is 10.1. The molecule has 10 heteroatoms. The van der Waals surface area contributed by atoms with E-state index in [0.717, 1.165) is 17.7 Å². The molecule has 0 bridgehead atoms. The minimum absolute atomic E-state index is 0.0736. The maximum Gasteiger partial charge on any atom is 0.338 e. The van der Waals surface area contributed by atoms with E-state index in [1.165, 1.54) is 18.2 Å². The summed E-state index contributed by atoms with van der Waals surface area (Å²) >= 11 is 9.46. The summed E-state index contributed by atoms with van der Waals surface area (Å²) in [6.07, 6.45) is 1.52. The third-order valence-electron chi connectivity index (χ3n) is 5.56. The van der Waals surface area contributed by atoms with Gasteiger partial charge in [0.05, 0.1) is 34.4 Å². The van der Waals surface area contributed by atoms with Gasteiger partial charge in [0.15, 0.2) is 6.61 Å². The van der Waals surface area contributed by atoms with Gasteiger partial charge in [-0.1, -0.05) is 11.6 Å². The van der Waals surface area contributed by atoms with Gasteiger partial charge in [0.2, 0.25) is 0 Å². The Balaban J connectivity index is 1.39. The first-order chi connectivity index (χ1) is 15.8. The lowest BCUT2D eigenvalue weighted by Crippen LogP contribution is -2.36. The molecule has 2 aromatic rings. The molecular weight excluding hydrogens is 516 g/mol. The Bertz CT molecular complexity index is 1160. The molecule has 1 N–H and O–H groups in total. The van der Waals surface area contributed by atoms with Crippen molar-refractivity contribution in [3.8, 4) is 0 Å². The molecule has 0 unspecified atom stereocenters. The van der Waals surface area contributed by atoms with Gasteiger partial charge in [-0.2, -0.15) is 0 Å². The fraction of sp³-hybridized carbons (Fsp3) is 0.304. The summed E-state index contributed by atoms with van der Waals surface area (Å²) < 4.78 is 11.3. The van der Waals surface area contributed by atoms with Crippen LogP contribution in [0.4, 0.5) is 5.69 Å². The maximum absolute atomic E-state index is 12.7. The van der Waals surface area contributed by atoms with Crippen molar-refractivity contribution in [2.75, 3.05) is 25.1 Å². The van der Waals surface area contributed by atoms with Crippen LogP contribution >= 0.6 is 27.5 Å². The number of nitrogens with zero attached hydrogens (tertiary/aromatic N) is 1. The van der Waals surface area contributed by atoms with E-state index in [9.17, 15) is 19.2 Å². The highest BCUT2D eigenvalue weighted by molar-refractivity contribution is 9.10. The Hall–Kier alpha value is -2.75. The molecule has 0 aliphatic carbocycles. The molecule has 2 heterocycles. The molecule has 1 fully saturated rings. The number of ether oxygens (including phenoxy) is 2. The summed E-state index contributed by atoms with van der Waals surface area (Å²) in [5, 5.41) is 3.11. The lowest BCUT2D eigenvalue weighted by Gasteiger charge is -2.17. The highest BCUT2D eigenvalue weighted by Gasteiger charge is 2.38. The number of rotatable bonds is 6. The zero-order chi connectivity index (χ0) is 23.7. The molecule has 1 atom stereocenters. The number of hydrogen-bond donors (Lipinski definition) is 1. The fourth-order valence-corrected chi connectivity index (χ4v) is 4.36. The molecule has 4 rings (SSSR count). The summed E-state index contributed by atoms with van der Waals surface area (Å²) in [5.74, 6) is -2.20. The summed E-state index contributed by atoms with van der Waals surface area (Å²) in [7, 11) is 0. The smallest absolute Gasteiger partial charge is 0.338 e. The molecule has 1 saturated heterocycles. The summed E-state index contributed by atoms with van der Waals surface area (Å²) in [6, 6.07) is 7.52. The van der Waals surface area contributed by atoms with Crippen molar-refractivity contribution in [3.63, 3.8) is 0 Å². The molecule has 0 aromatic heterocycles. The van der Waals surface area contributed by atoms with Gasteiger partial charge in [0.25, 0.3) is 17.7 Å². The van der Waals surface area contributed by atoms with Crippen LogP contribution in [0.15, 0.2) is 34.8 Å². The monoisotopic (exact) mass is 534 g/mol. The summed E-state index contributed by atoms with van der Waals surface area (Å²) in [5.41, 5.74) is 1.61. The van der Waals surface area contributed by atoms with E-state index in [4.69, 9.17) is 21.1 Å². The second kappa shape index (κ2) is 9.62. The van der Waals surface area contributed by atoms with Crippen molar-refractivity contribution in [1.82, 2.24) is 4.90 Å². The van der Waals surface area contributed by atoms with Gasteiger partial charge < -0.3 is 14.8 Å². The van der Waals surface area contributed by atoms with E-state index >= 15 is 0 Å². The van der Waals surface area contributed by atoms with E-state index in [0.29, 0.717) is 27.4 Å². The van der Waals surface area contributed by atoms with Crippen molar-refractivity contribution >= 4 is 56.9 Å². The Morgan fingerprint density at radius 2 is 1.97 bits per heavy atom. The first kappa shape index (κ1) is 23.4. The predicted octanol–water partition coefficient (Wildman–Crippen LogP) is 3.98. The largest absolute Gasteiger partial charge is 0.452 e. The zero-order valence-corrected chi connectivity index (χ0v) is 20.0. The highest BCUT2D eigenvalue weighted by atomic mass is 79.9. The maximum atomic E-state index is 12.7. The SMILES string of the molecule is Cc1c(NC(=O)COC(=O)c2ccc3c(c2)C(=O)N(C[C@@H]2CCCO2)C3=O)ccc(Br)c1Cl. The molecule has 0 radical (unpaired) electrons. The van der Waals surface area contributed by atoms with Crippen molar-refractivity contribution in [2.45, 2.75) is 25.9 Å². The number of esters is 1. The molecule has 2 aromatic carbocycles. The van der Waals surface area contributed by atoms with Gasteiger partial charge in [-0.3, -0.25) is 19.3 Å². The second-order valence-corrected chi connectivity index (χ2v) is 9.01. The van der Waals surface area contributed by atoms with Gasteiger partial charge in [0, 0.05) is 16.8 Å². The number of amides is 3. The first-order valence-corrected chi connectivity index (χ1v) is 11.5. The van der Waals surface area contributed by atoms with Crippen LogP contribution < -0.4 is 5.32 Å². The van der Waals surface area contributed by atoms with Crippen LogP contribution in [-0.2, 0) is 14.3 Å². The Kier molecular flexibility index (Phi) is 6.83. The van der Waals surface area contributed by atoms with Crippen LogP contribution in [0.1, 0.15) is 49.5 Å². The number of hydrogen-bond acceptors (Lipinski definition) is 6. The quantitative estimate of drug-likeness (QED) is 0.443. The van der Waals surface area contributed by atoms with Crippen LogP contribution in [0.2, 0.25) is 5.02 Å². The number of anilines is 1. The van der Waals surface area contributed by atoms with Crippen LogP contribution in [0.25, 0.3) is 0 Å². The van der Waals surface area contributed by atoms with E-state index in [2.05, 4.69) is 21.2 Å². The van der Waals surface area contributed by atoms with Gasteiger partial charge in [-0.25, -0.2) is 4.79 Å².